The number of hydrogen-bond acceptors (Lipinski definition) is 8. The summed E-state index contributed by atoms with van der Waals surface area (Å²) in [6.45, 7) is 11.8. The molecule has 0 bridgehead atoms. The van der Waals surface area contributed by atoms with Gasteiger partial charge in [-0.1, -0.05) is 12.7 Å². The molecule has 1 aromatic carbocycles. The molecular formula is C32H39N7O2. The molecule has 2 aliphatic rings. The lowest BCUT2D eigenvalue weighted by molar-refractivity contribution is -0.111. The number of amides is 1. The van der Waals surface area contributed by atoms with E-state index in [9.17, 15) is 4.79 Å². The minimum Gasteiger partial charge on any atom is -0.494 e. The highest BCUT2D eigenvalue weighted by atomic mass is 16.5. The number of ether oxygens (including phenoxy) is 1. The van der Waals surface area contributed by atoms with Crippen LogP contribution in [0.1, 0.15) is 46.6 Å². The van der Waals surface area contributed by atoms with Gasteiger partial charge >= 0.3 is 0 Å². The van der Waals surface area contributed by atoms with Crippen LogP contribution < -0.4 is 20.3 Å². The zero-order valence-corrected chi connectivity index (χ0v) is 24.8. The van der Waals surface area contributed by atoms with E-state index < -0.39 is 0 Å². The minimum atomic E-state index is -0.273. The molecule has 2 N–H and O–H groups in total. The molecule has 0 spiro atoms. The summed E-state index contributed by atoms with van der Waals surface area (Å²) in [4.78, 5) is 31.2. The minimum absolute atomic E-state index is 0.273. The van der Waals surface area contributed by atoms with Crippen LogP contribution in [0.5, 0.6) is 5.75 Å². The lowest BCUT2D eigenvalue weighted by Crippen LogP contribution is -2.38. The third-order valence-electron chi connectivity index (χ3n) is 8.04. The second-order valence-corrected chi connectivity index (χ2v) is 11.0. The van der Waals surface area contributed by atoms with Crippen LogP contribution in [0.2, 0.25) is 0 Å². The van der Waals surface area contributed by atoms with Crippen molar-refractivity contribution in [3.8, 4) is 5.75 Å². The Balaban J connectivity index is 1.50. The van der Waals surface area contributed by atoms with E-state index in [4.69, 9.17) is 14.7 Å². The van der Waals surface area contributed by atoms with Gasteiger partial charge in [0.1, 0.15) is 5.75 Å². The Bertz CT molecular complexity index is 1530. The van der Waals surface area contributed by atoms with Gasteiger partial charge in [0.05, 0.1) is 35.6 Å². The number of aromatic nitrogens is 3. The predicted molar refractivity (Wildman–Crippen MR) is 165 cm³/mol. The molecule has 0 saturated carbocycles. The van der Waals surface area contributed by atoms with Gasteiger partial charge in [0.2, 0.25) is 11.9 Å². The van der Waals surface area contributed by atoms with Gasteiger partial charge in [-0.3, -0.25) is 9.78 Å². The maximum Gasteiger partial charge on any atom is 0.247 e. The molecule has 1 amide bonds. The number of carbonyl (C=O) groups excluding carboxylic acids is 1. The number of nitrogens with one attached hydrogen (secondary N) is 2. The van der Waals surface area contributed by atoms with E-state index in [2.05, 4.69) is 72.9 Å². The number of methoxy groups -OCH3 is 1. The maximum absolute atomic E-state index is 12.5. The molecule has 214 valence electrons. The molecule has 41 heavy (non-hydrogen) atoms. The van der Waals surface area contributed by atoms with E-state index in [-0.39, 0.29) is 5.91 Å². The van der Waals surface area contributed by atoms with Crippen LogP contribution in [0.3, 0.4) is 0 Å². The number of likely N-dealkylation sites (N-methyl/N-ethyl adjacent to an activating group) is 1. The topological polar surface area (TPSA) is 95.5 Å². The van der Waals surface area contributed by atoms with Crippen molar-refractivity contribution in [1.29, 1.82) is 0 Å². The quantitative estimate of drug-likeness (QED) is 0.350. The van der Waals surface area contributed by atoms with E-state index >= 15 is 0 Å². The molecule has 0 radical (unpaired) electrons. The Morgan fingerprint density at radius 3 is 2.73 bits per heavy atom. The first kappa shape index (κ1) is 28.3. The zero-order valence-electron chi connectivity index (χ0n) is 24.8. The van der Waals surface area contributed by atoms with Crippen molar-refractivity contribution in [2.45, 2.75) is 46.1 Å². The van der Waals surface area contributed by atoms with Gasteiger partial charge in [0.15, 0.2) is 0 Å². The molecule has 9 nitrogen and oxygen atoms in total. The maximum atomic E-state index is 12.5. The van der Waals surface area contributed by atoms with Crippen LogP contribution in [-0.2, 0) is 11.2 Å². The largest absolute Gasteiger partial charge is 0.494 e. The normalized spacial score (nSPS) is 16.0. The van der Waals surface area contributed by atoms with Gasteiger partial charge in [0, 0.05) is 54.6 Å². The molecule has 1 saturated heterocycles. The second kappa shape index (κ2) is 11.7. The smallest absolute Gasteiger partial charge is 0.247 e. The summed E-state index contributed by atoms with van der Waals surface area (Å²) >= 11 is 0. The molecule has 1 fully saturated rings. The molecule has 3 aromatic rings. The zero-order chi connectivity index (χ0) is 29.3. The Labute approximate surface area is 242 Å². The van der Waals surface area contributed by atoms with Gasteiger partial charge < -0.3 is 25.2 Å². The van der Waals surface area contributed by atoms with E-state index in [1.807, 2.05) is 18.2 Å². The third kappa shape index (κ3) is 5.67. The van der Waals surface area contributed by atoms with Crippen molar-refractivity contribution in [2.75, 3.05) is 49.8 Å². The lowest BCUT2D eigenvalue weighted by atomic mass is 9.96. The number of benzene rings is 1. The number of hydrogen-bond donors (Lipinski definition) is 2. The van der Waals surface area contributed by atoms with Gasteiger partial charge in [-0.05, 0) is 77.0 Å². The number of rotatable bonds is 9. The van der Waals surface area contributed by atoms with Crippen molar-refractivity contribution in [1.82, 2.24) is 19.9 Å². The van der Waals surface area contributed by atoms with Crippen LogP contribution >= 0.6 is 0 Å². The average molecular weight is 554 g/mol. The Hall–Kier alpha value is -4.24. The standard InChI is InChI=1S/C32H39N7O2/c1-8-30(40)35-26-16-27(29(41-7)17-28(26)39-15-9-10-22(39)18-38(5)6)37-32-33-14-13-24(36-32)23-11-12-25-31(23)20(3)19(2)21(4)34-25/h8,11,13-14,16-17,22H,1,9-10,12,15,18H2,2-7H3,(H,35,40)(H,33,36,37). The van der Waals surface area contributed by atoms with E-state index in [1.54, 1.807) is 13.3 Å². The number of nitrogens with zero attached hydrogens (tertiary/aromatic N) is 5. The first-order chi connectivity index (χ1) is 19.7. The number of carbonyl (C=O) groups is 1. The van der Waals surface area contributed by atoms with E-state index in [0.29, 0.717) is 29.1 Å². The molecule has 1 unspecified atom stereocenters. The Kier molecular flexibility index (Phi) is 8.08. The lowest BCUT2D eigenvalue weighted by Gasteiger charge is -2.31. The Morgan fingerprint density at radius 2 is 2.00 bits per heavy atom. The summed E-state index contributed by atoms with van der Waals surface area (Å²) in [7, 11) is 5.81. The predicted octanol–water partition coefficient (Wildman–Crippen LogP) is 5.19. The highest BCUT2D eigenvalue weighted by molar-refractivity contribution is 6.02. The van der Waals surface area contributed by atoms with Crippen molar-refractivity contribution in [3.05, 3.63) is 76.9 Å². The molecule has 1 aliphatic carbocycles. The van der Waals surface area contributed by atoms with E-state index in [1.165, 1.54) is 17.2 Å². The summed E-state index contributed by atoms with van der Waals surface area (Å²) < 4.78 is 5.83. The summed E-state index contributed by atoms with van der Waals surface area (Å²) in [5.74, 6) is 0.799. The number of allylic oxidation sites excluding steroid dienone is 1. The second-order valence-electron chi connectivity index (χ2n) is 11.0. The summed E-state index contributed by atoms with van der Waals surface area (Å²) in [5, 5.41) is 6.35. The van der Waals surface area contributed by atoms with Gasteiger partial charge in [0.25, 0.3) is 0 Å². The van der Waals surface area contributed by atoms with Crippen LogP contribution in [-0.4, -0.2) is 66.1 Å². The molecule has 1 atom stereocenters. The Morgan fingerprint density at radius 1 is 1.20 bits per heavy atom. The number of anilines is 4. The SMILES string of the molecule is C=CC(=O)Nc1cc(Nc2nccc(C3=CCc4nc(C)c(C)c(C)c43)n2)c(OC)cc1N1CCCC1CN(C)C. The van der Waals surface area contributed by atoms with Gasteiger partial charge in [-0.15, -0.1) is 0 Å². The molecule has 1 aliphatic heterocycles. The first-order valence-corrected chi connectivity index (χ1v) is 14.0. The fourth-order valence-electron chi connectivity index (χ4n) is 5.87. The monoisotopic (exact) mass is 553 g/mol. The van der Waals surface area contributed by atoms with Crippen LogP contribution in [0.4, 0.5) is 23.0 Å². The molecule has 3 heterocycles. The third-order valence-corrected chi connectivity index (χ3v) is 8.04. The molecule has 9 heteroatoms. The molecule has 5 rings (SSSR count). The van der Waals surface area contributed by atoms with Crippen molar-refractivity contribution in [2.24, 2.45) is 0 Å². The number of fused-ring (bicyclic) bond motifs is 1. The number of aryl methyl sites for hydroxylation is 1. The molecule has 2 aromatic heterocycles. The van der Waals surface area contributed by atoms with Gasteiger partial charge in [-0.2, -0.15) is 0 Å². The summed E-state index contributed by atoms with van der Waals surface area (Å²) in [6.07, 6.45) is 8.18. The summed E-state index contributed by atoms with van der Waals surface area (Å²) in [6, 6.07) is 6.13. The highest BCUT2D eigenvalue weighted by Crippen LogP contribution is 2.41. The highest BCUT2D eigenvalue weighted by Gasteiger charge is 2.29. The van der Waals surface area contributed by atoms with Crippen LogP contribution in [0, 0.1) is 20.8 Å². The van der Waals surface area contributed by atoms with Crippen molar-refractivity contribution >= 4 is 34.5 Å². The van der Waals surface area contributed by atoms with E-state index in [0.717, 1.165) is 66.3 Å². The van der Waals surface area contributed by atoms with Gasteiger partial charge in [-0.25, -0.2) is 9.97 Å². The van der Waals surface area contributed by atoms with Crippen LogP contribution in [0.25, 0.3) is 5.57 Å². The fourth-order valence-corrected chi connectivity index (χ4v) is 5.87. The van der Waals surface area contributed by atoms with Crippen molar-refractivity contribution < 1.29 is 9.53 Å². The molecular weight excluding hydrogens is 514 g/mol. The van der Waals surface area contributed by atoms with Crippen LogP contribution in [0.15, 0.2) is 43.1 Å². The first-order valence-electron chi connectivity index (χ1n) is 14.0. The number of pyridine rings is 1. The fraction of sp³-hybridized carbons (Fsp3) is 0.375. The summed E-state index contributed by atoms with van der Waals surface area (Å²) in [5.41, 5.74) is 9.90. The average Bonchev–Trinajstić information content (AvgIpc) is 3.59. The van der Waals surface area contributed by atoms with Crippen molar-refractivity contribution in [3.63, 3.8) is 0 Å².